The van der Waals surface area contributed by atoms with Crippen LogP contribution >= 0.6 is 0 Å². The Bertz CT molecular complexity index is 366. The monoisotopic (exact) mass is 221 g/mol. The zero-order valence-electron chi connectivity index (χ0n) is 10.2. The molecule has 0 spiro atoms. The maximum Gasteiger partial charge on any atom is 0.256 e. The van der Waals surface area contributed by atoms with Crippen LogP contribution in [0.1, 0.15) is 40.0 Å². The van der Waals surface area contributed by atoms with Crippen LogP contribution < -0.4 is 0 Å². The second-order valence-corrected chi connectivity index (χ2v) is 4.06. The first-order valence-corrected chi connectivity index (χ1v) is 5.87. The molecule has 0 saturated heterocycles. The first-order chi connectivity index (χ1) is 7.62. The van der Waals surface area contributed by atoms with Crippen molar-refractivity contribution in [2.75, 3.05) is 0 Å². The molecule has 2 aliphatic carbocycles. The van der Waals surface area contributed by atoms with Crippen LogP contribution in [-0.2, 0) is 0 Å². The highest BCUT2D eigenvalue weighted by Crippen LogP contribution is 2.34. The number of allylic oxidation sites excluding steroid dienone is 4. The van der Waals surface area contributed by atoms with E-state index in [2.05, 4.69) is 0 Å². The molecule has 2 aliphatic rings. The minimum atomic E-state index is -1.02. The Morgan fingerprint density at radius 1 is 1.31 bits per heavy atom. The van der Waals surface area contributed by atoms with Crippen molar-refractivity contribution in [2.45, 2.75) is 45.6 Å². The summed E-state index contributed by atoms with van der Waals surface area (Å²) in [6.45, 7) is 5.64. The van der Waals surface area contributed by atoms with Gasteiger partial charge in [-0.05, 0) is 42.6 Å². The molecule has 88 valence electrons. The van der Waals surface area contributed by atoms with Gasteiger partial charge in [0.05, 0.1) is 0 Å². The Hall–Kier alpha value is -1.38. The van der Waals surface area contributed by atoms with Gasteiger partial charge in [-0.15, -0.1) is 0 Å². The SMILES string of the molecule is CC.CC1([N+](=O)[O-])C=CC=C2CCCC2=C1. The first-order valence-electron chi connectivity index (χ1n) is 5.87. The van der Waals surface area contributed by atoms with E-state index >= 15 is 0 Å². The van der Waals surface area contributed by atoms with E-state index < -0.39 is 5.54 Å². The fourth-order valence-corrected chi connectivity index (χ4v) is 2.02. The van der Waals surface area contributed by atoms with E-state index in [0.717, 1.165) is 24.8 Å². The molecule has 3 nitrogen and oxygen atoms in total. The number of nitrogens with zero attached hydrogens (tertiary/aromatic N) is 1. The largest absolute Gasteiger partial charge is 0.263 e. The molecule has 2 rings (SSSR count). The summed E-state index contributed by atoms with van der Waals surface area (Å²) < 4.78 is 0. The minimum Gasteiger partial charge on any atom is -0.263 e. The smallest absolute Gasteiger partial charge is 0.256 e. The van der Waals surface area contributed by atoms with Gasteiger partial charge in [-0.3, -0.25) is 10.1 Å². The van der Waals surface area contributed by atoms with Crippen molar-refractivity contribution < 1.29 is 4.92 Å². The zero-order valence-corrected chi connectivity index (χ0v) is 10.2. The zero-order chi connectivity index (χ0) is 12.2. The van der Waals surface area contributed by atoms with Crippen molar-refractivity contribution in [3.8, 4) is 0 Å². The van der Waals surface area contributed by atoms with Gasteiger partial charge in [0.2, 0.25) is 0 Å². The summed E-state index contributed by atoms with van der Waals surface area (Å²) in [7, 11) is 0. The van der Waals surface area contributed by atoms with Crippen molar-refractivity contribution in [1.29, 1.82) is 0 Å². The van der Waals surface area contributed by atoms with E-state index in [1.165, 1.54) is 5.57 Å². The second-order valence-electron chi connectivity index (χ2n) is 4.06. The van der Waals surface area contributed by atoms with E-state index in [4.69, 9.17) is 0 Å². The molecule has 0 aromatic heterocycles. The molecule has 1 saturated carbocycles. The van der Waals surface area contributed by atoms with Crippen LogP contribution in [0.15, 0.2) is 35.5 Å². The molecular formula is C13H19NO2. The van der Waals surface area contributed by atoms with Crippen molar-refractivity contribution >= 4 is 0 Å². The van der Waals surface area contributed by atoms with Gasteiger partial charge in [-0.2, -0.15) is 0 Å². The van der Waals surface area contributed by atoms with Crippen molar-refractivity contribution in [2.24, 2.45) is 0 Å². The molecule has 0 heterocycles. The fraction of sp³-hybridized carbons (Fsp3) is 0.538. The lowest BCUT2D eigenvalue weighted by atomic mass is 9.99. The Balaban J connectivity index is 0.000000606. The maximum atomic E-state index is 10.9. The molecular weight excluding hydrogens is 202 g/mol. The van der Waals surface area contributed by atoms with Gasteiger partial charge >= 0.3 is 0 Å². The number of rotatable bonds is 1. The van der Waals surface area contributed by atoms with E-state index in [1.54, 1.807) is 19.1 Å². The summed E-state index contributed by atoms with van der Waals surface area (Å²) in [5.41, 5.74) is 1.42. The Labute approximate surface area is 96.7 Å². The van der Waals surface area contributed by atoms with Crippen LogP contribution in [0.3, 0.4) is 0 Å². The minimum absolute atomic E-state index is 0.231. The Morgan fingerprint density at radius 2 is 1.94 bits per heavy atom. The number of hydrogen-bond donors (Lipinski definition) is 0. The molecule has 16 heavy (non-hydrogen) atoms. The van der Waals surface area contributed by atoms with Gasteiger partial charge < -0.3 is 0 Å². The second kappa shape index (κ2) is 5.10. The molecule has 0 aromatic carbocycles. The van der Waals surface area contributed by atoms with Crippen LogP contribution in [0.25, 0.3) is 0 Å². The molecule has 0 N–H and O–H groups in total. The highest BCUT2D eigenvalue weighted by Gasteiger charge is 2.33. The van der Waals surface area contributed by atoms with Crippen LogP contribution in [0.2, 0.25) is 0 Å². The molecule has 0 aliphatic heterocycles. The summed E-state index contributed by atoms with van der Waals surface area (Å²) in [5.74, 6) is 0. The molecule has 0 bridgehead atoms. The van der Waals surface area contributed by atoms with E-state index in [-0.39, 0.29) is 4.92 Å². The average Bonchev–Trinajstić information content (AvgIpc) is 2.62. The third kappa shape index (κ3) is 2.40. The van der Waals surface area contributed by atoms with Gasteiger partial charge in [0.15, 0.2) is 0 Å². The molecule has 1 unspecified atom stereocenters. The van der Waals surface area contributed by atoms with E-state index in [1.807, 2.05) is 26.0 Å². The predicted molar refractivity (Wildman–Crippen MR) is 65.9 cm³/mol. The highest BCUT2D eigenvalue weighted by atomic mass is 16.6. The fourth-order valence-electron chi connectivity index (χ4n) is 2.02. The quantitative estimate of drug-likeness (QED) is 0.501. The highest BCUT2D eigenvalue weighted by molar-refractivity contribution is 5.42. The third-order valence-electron chi connectivity index (χ3n) is 2.90. The first kappa shape index (κ1) is 12.7. The predicted octanol–water partition coefficient (Wildman–Crippen LogP) is 3.65. The summed E-state index contributed by atoms with van der Waals surface area (Å²) in [6.07, 6.45) is 10.4. The Morgan fingerprint density at radius 3 is 2.56 bits per heavy atom. The van der Waals surface area contributed by atoms with Crippen LogP contribution in [-0.4, -0.2) is 10.5 Å². The summed E-state index contributed by atoms with van der Waals surface area (Å²) in [4.78, 5) is 10.7. The van der Waals surface area contributed by atoms with Crippen LogP contribution in [0.4, 0.5) is 0 Å². The topological polar surface area (TPSA) is 43.1 Å². The molecule has 1 atom stereocenters. The van der Waals surface area contributed by atoms with Crippen molar-refractivity contribution in [3.05, 3.63) is 45.6 Å². The molecule has 0 aromatic rings. The van der Waals surface area contributed by atoms with E-state index in [0.29, 0.717) is 0 Å². The van der Waals surface area contributed by atoms with E-state index in [9.17, 15) is 10.1 Å². The van der Waals surface area contributed by atoms with Crippen LogP contribution in [0, 0.1) is 10.1 Å². The number of nitro groups is 1. The molecule has 1 fully saturated rings. The van der Waals surface area contributed by atoms with Gasteiger partial charge in [0.1, 0.15) is 0 Å². The van der Waals surface area contributed by atoms with Gasteiger partial charge in [0, 0.05) is 11.8 Å². The molecule has 3 heteroatoms. The summed E-state index contributed by atoms with van der Waals surface area (Å²) >= 11 is 0. The third-order valence-corrected chi connectivity index (χ3v) is 2.90. The summed E-state index contributed by atoms with van der Waals surface area (Å²) in [6, 6.07) is 0. The maximum absolute atomic E-state index is 10.9. The molecule has 0 radical (unpaired) electrons. The van der Waals surface area contributed by atoms with Crippen molar-refractivity contribution in [3.63, 3.8) is 0 Å². The van der Waals surface area contributed by atoms with Crippen molar-refractivity contribution in [1.82, 2.24) is 0 Å². The van der Waals surface area contributed by atoms with Gasteiger partial charge in [0.25, 0.3) is 5.54 Å². The summed E-state index contributed by atoms with van der Waals surface area (Å²) in [5, 5.41) is 10.9. The number of hydrogen-bond acceptors (Lipinski definition) is 2. The van der Waals surface area contributed by atoms with Gasteiger partial charge in [-0.1, -0.05) is 26.0 Å². The standard InChI is InChI=1S/C11H13NO2.C2H6/c1-11(12(13)14)7-3-6-9-4-2-5-10(9)8-11;1-2/h3,6-8H,2,4-5H2,1H3;1-2H3. The lowest BCUT2D eigenvalue weighted by Gasteiger charge is -2.12. The molecule has 0 amide bonds. The lowest BCUT2D eigenvalue weighted by Crippen LogP contribution is -2.29. The van der Waals surface area contributed by atoms with Crippen LogP contribution in [0.5, 0.6) is 0 Å². The average molecular weight is 221 g/mol. The normalized spacial score (nSPS) is 26.9. The van der Waals surface area contributed by atoms with Gasteiger partial charge in [-0.25, -0.2) is 0 Å². The Kier molecular flexibility index (Phi) is 4.05. The lowest BCUT2D eigenvalue weighted by molar-refractivity contribution is -0.535. The number of fused-ring (bicyclic) bond motifs is 1.